The average molecular weight is 731 g/mol. The fourth-order valence-electron chi connectivity index (χ4n) is 6.91. The van der Waals surface area contributed by atoms with Crippen LogP contribution >= 0.6 is 0 Å². The number of aromatic nitrogens is 3. The van der Waals surface area contributed by atoms with Gasteiger partial charge in [-0.1, -0.05) is 19.4 Å². The molecule has 1 saturated heterocycles. The van der Waals surface area contributed by atoms with Gasteiger partial charge in [-0.25, -0.2) is 22.8 Å². The lowest BCUT2D eigenvalue weighted by molar-refractivity contribution is 0.0695. The standard InChI is InChI=1S/C39H41F3N6O5/c1-3-25-15-27(9-7-23(25)2)44-35-19-36(49)47(39(53)45-35)13-6-4-5-12-46-14-11-24(21-46)20-43-32-18-34-28(17-30(32)41)37(50)29(38(51)52)22-48(34)33-10-8-26(40)16-31(33)42/h7-10,15-19,22,24,43-44H,3-6,11-14,20-21H2,1-2H3,(H,45,53)(H,51,52). The number of aromatic amines is 1. The lowest BCUT2D eigenvalue weighted by Gasteiger charge is -2.18. The van der Waals surface area contributed by atoms with Gasteiger partial charge in [-0.2, -0.15) is 0 Å². The van der Waals surface area contributed by atoms with E-state index < -0.39 is 40.1 Å². The number of carboxylic acid groups (broad SMARTS) is 1. The molecule has 5 aromatic rings. The van der Waals surface area contributed by atoms with Crippen LogP contribution in [0.3, 0.4) is 0 Å². The highest BCUT2D eigenvalue weighted by molar-refractivity contribution is 5.94. The molecule has 0 saturated carbocycles. The first kappa shape index (κ1) is 37.1. The minimum atomic E-state index is -1.56. The minimum absolute atomic E-state index is 0.0597. The van der Waals surface area contributed by atoms with E-state index in [0.29, 0.717) is 31.4 Å². The van der Waals surface area contributed by atoms with Crippen LogP contribution in [0, 0.1) is 30.3 Å². The molecule has 0 radical (unpaired) electrons. The van der Waals surface area contributed by atoms with Gasteiger partial charge in [-0.3, -0.25) is 19.1 Å². The zero-order valence-corrected chi connectivity index (χ0v) is 29.5. The van der Waals surface area contributed by atoms with Gasteiger partial charge in [-0.15, -0.1) is 0 Å². The summed E-state index contributed by atoms with van der Waals surface area (Å²) in [5.74, 6) is -3.60. The zero-order valence-electron chi connectivity index (χ0n) is 29.5. The number of pyridine rings is 1. The number of fused-ring (bicyclic) bond motifs is 1. The van der Waals surface area contributed by atoms with Crippen molar-refractivity contribution >= 4 is 34.1 Å². The molecule has 1 unspecified atom stereocenters. The van der Waals surface area contributed by atoms with Crippen LogP contribution in [0.5, 0.6) is 0 Å². The van der Waals surface area contributed by atoms with Gasteiger partial charge in [0.2, 0.25) is 5.43 Å². The van der Waals surface area contributed by atoms with E-state index in [1.165, 1.54) is 27.8 Å². The summed E-state index contributed by atoms with van der Waals surface area (Å²) in [4.78, 5) is 55.2. The van der Waals surface area contributed by atoms with Gasteiger partial charge in [0.05, 0.1) is 16.9 Å². The maximum absolute atomic E-state index is 15.3. The molecule has 0 amide bonds. The van der Waals surface area contributed by atoms with E-state index in [0.717, 1.165) is 80.0 Å². The van der Waals surface area contributed by atoms with Gasteiger partial charge >= 0.3 is 11.7 Å². The number of aromatic carboxylic acids is 1. The average Bonchev–Trinajstić information content (AvgIpc) is 3.57. The SMILES string of the molecule is CCc1cc(Nc2cc(=O)n(CCCCCN3CCC(CNc4cc5c(cc4F)c(=O)c(C(=O)O)cn5-c4ccc(F)cc4F)C3)c(=O)[nH]2)ccc1C. The molecule has 1 atom stereocenters. The first-order valence-electron chi connectivity index (χ1n) is 17.7. The molecule has 3 heterocycles. The summed E-state index contributed by atoms with van der Waals surface area (Å²) in [6, 6.07) is 12.3. The number of anilines is 3. The van der Waals surface area contributed by atoms with E-state index in [2.05, 4.69) is 27.4 Å². The molecule has 53 heavy (non-hydrogen) atoms. The van der Waals surface area contributed by atoms with E-state index in [-0.39, 0.29) is 33.8 Å². The molecule has 0 aliphatic carbocycles. The fraction of sp³-hybridized carbons (Fsp3) is 0.333. The first-order chi connectivity index (χ1) is 25.4. The number of nitrogens with one attached hydrogen (secondary N) is 3. The van der Waals surface area contributed by atoms with E-state index in [1.54, 1.807) is 0 Å². The molecule has 0 spiro atoms. The summed E-state index contributed by atoms with van der Waals surface area (Å²) in [6.07, 6.45) is 5.04. The topological polar surface area (TPSA) is 141 Å². The Morgan fingerprint density at radius 1 is 0.962 bits per heavy atom. The monoisotopic (exact) mass is 730 g/mol. The molecule has 3 aromatic carbocycles. The molecule has 1 fully saturated rings. The lowest BCUT2D eigenvalue weighted by Crippen LogP contribution is -2.35. The van der Waals surface area contributed by atoms with Gasteiger partial charge in [0.15, 0.2) is 0 Å². The van der Waals surface area contributed by atoms with Crippen molar-refractivity contribution in [3.63, 3.8) is 0 Å². The number of aryl methyl sites for hydroxylation is 2. The number of carbonyl (C=O) groups is 1. The molecule has 0 bridgehead atoms. The van der Waals surface area contributed by atoms with Gasteiger partial charge in [0, 0.05) is 49.0 Å². The summed E-state index contributed by atoms with van der Waals surface area (Å²) in [7, 11) is 0. The Morgan fingerprint density at radius 3 is 2.49 bits per heavy atom. The molecule has 6 rings (SSSR count). The Morgan fingerprint density at radius 2 is 1.75 bits per heavy atom. The van der Waals surface area contributed by atoms with E-state index in [4.69, 9.17) is 0 Å². The maximum atomic E-state index is 15.3. The van der Waals surface area contributed by atoms with Gasteiger partial charge in [0.1, 0.15) is 28.8 Å². The Balaban J connectivity index is 1.02. The van der Waals surface area contributed by atoms with Gasteiger partial charge in [0.25, 0.3) is 5.56 Å². The third-order valence-corrected chi connectivity index (χ3v) is 9.83. The number of carboxylic acids is 1. The fourth-order valence-corrected chi connectivity index (χ4v) is 6.91. The molecule has 11 nitrogen and oxygen atoms in total. The Hall–Kier alpha value is -5.63. The number of unbranched alkanes of at least 4 members (excludes halogenated alkanes) is 2. The number of likely N-dealkylation sites (tertiary alicyclic amines) is 1. The third-order valence-electron chi connectivity index (χ3n) is 9.83. The van der Waals surface area contributed by atoms with Crippen LogP contribution < -0.4 is 27.3 Å². The highest BCUT2D eigenvalue weighted by Gasteiger charge is 2.23. The summed E-state index contributed by atoms with van der Waals surface area (Å²) in [5.41, 5.74) is 0.655. The number of H-pyrrole nitrogens is 1. The Bertz CT molecular complexity index is 2320. The second-order valence-electron chi connectivity index (χ2n) is 13.5. The van der Waals surface area contributed by atoms with Crippen molar-refractivity contribution in [1.29, 1.82) is 0 Å². The third kappa shape index (κ3) is 8.38. The van der Waals surface area contributed by atoms with Crippen LogP contribution in [-0.4, -0.2) is 56.3 Å². The quantitative estimate of drug-likeness (QED) is 0.0995. The van der Waals surface area contributed by atoms with Crippen LogP contribution in [-0.2, 0) is 13.0 Å². The highest BCUT2D eigenvalue weighted by atomic mass is 19.1. The maximum Gasteiger partial charge on any atom is 0.341 e. The highest BCUT2D eigenvalue weighted by Crippen LogP contribution is 2.27. The van der Waals surface area contributed by atoms with Crippen LogP contribution in [0.25, 0.3) is 16.6 Å². The van der Waals surface area contributed by atoms with Gasteiger partial charge in [-0.05, 0) is 99.1 Å². The molecular formula is C39H41F3N6O5. The summed E-state index contributed by atoms with van der Waals surface area (Å²) >= 11 is 0. The summed E-state index contributed by atoms with van der Waals surface area (Å²) in [5, 5.41) is 15.5. The molecule has 278 valence electrons. The van der Waals surface area contributed by atoms with E-state index >= 15 is 4.39 Å². The molecular weight excluding hydrogens is 689 g/mol. The van der Waals surface area contributed by atoms with Crippen molar-refractivity contribution in [3.05, 3.63) is 126 Å². The predicted octanol–water partition coefficient (Wildman–Crippen LogP) is 6.17. The van der Waals surface area contributed by atoms with Crippen molar-refractivity contribution in [2.75, 3.05) is 36.8 Å². The Kier molecular flexibility index (Phi) is 11.2. The molecule has 4 N–H and O–H groups in total. The summed E-state index contributed by atoms with van der Waals surface area (Å²) < 4.78 is 46.0. The molecule has 14 heteroatoms. The normalized spacial score (nSPS) is 14.5. The second-order valence-corrected chi connectivity index (χ2v) is 13.5. The van der Waals surface area contributed by atoms with Crippen molar-refractivity contribution in [2.45, 2.75) is 52.5 Å². The largest absolute Gasteiger partial charge is 0.477 e. The van der Waals surface area contributed by atoms with Crippen molar-refractivity contribution in [1.82, 2.24) is 19.0 Å². The van der Waals surface area contributed by atoms with Crippen LogP contribution in [0.2, 0.25) is 0 Å². The second kappa shape index (κ2) is 15.9. The number of hydrogen-bond acceptors (Lipinski definition) is 7. The minimum Gasteiger partial charge on any atom is -0.477 e. The molecule has 2 aromatic heterocycles. The van der Waals surface area contributed by atoms with Crippen molar-refractivity contribution in [3.8, 4) is 5.69 Å². The van der Waals surface area contributed by atoms with Crippen molar-refractivity contribution < 1.29 is 23.1 Å². The number of nitrogens with zero attached hydrogens (tertiary/aromatic N) is 3. The predicted molar refractivity (Wildman–Crippen MR) is 198 cm³/mol. The van der Waals surface area contributed by atoms with Crippen LogP contribution in [0.4, 0.5) is 30.4 Å². The number of halogens is 3. The van der Waals surface area contributed by atoms with Crippen molar-refractivity contribution in [2.24, 2.45) is 5.92 Å². The van der Waals surface area contributed by atoms with Crippen LogP contribution in [0.15, 0.2) is 75.2 Å². The number of rotatable bonds is 14. The van der Waals surface area contributed by atoms with E-state index in [9.17, 15) is 33.1 Å². The zero-order chi connectivity index (χ0) is 37.8. The van der Waals surface area contributed by atoms with E-state index in [1.807, 2.05) is 25.1 Å². The number of hydrogen-bond donors (Lipinski definition) is 4. The summed E-state index contributed by atoms with van der Waals surface area (Å²) in [6.45, 7) is 7.28. The Labute approximate surface area is 302 Å². The number of benzene rings is 3. The molecule has 1 aliphatic heterocycles. The lowest BCUT2D eigenvalue weighted by atomic mass is 10.1. The van der Waals surface area contributed by atoms with Crippen LogP contribution in [0.1, 0.15) is 54.1 Å². The van der Waals surface area contributed by atoms with Gasteiger partial charge < -0.3 is 25.2 Å². The molecule has 1 aliphatic rings. The first-order valence-corrected chi connectivity index (χ1v) is 17.7. The smallest absolute Gasteiger partial charge is 0.341 e.